The number of carbonyl (C=O) groups is 2. The number of hydrogen-bond acceptors (Lipinski definition) is 2. The molecule has 1 amide bonds. The van der Waals surface area contributed by atoms with E-state index >= 15 is 0 Å². The summed E-state index contributed by atoms with van der Waals surface area (Å²) in [5, 5.41) is 12.1. The van der Waals surface area contributed by atoms with Crippen LogP contribution in [0.15, 0.2) is 12.2 Å². The van der Waals surface area contributed by atoms with E-state index in [1.807, 2.05) is 20.8 Å². The Morgan fingerprint density at radius 2 is 2.00 bits per heavy atom. The molecule has 0 heterocycles. The van der Waals surface area contributed by atoms with Crippen molar-refractivity contribution >= 4 is 11.9 Å². The van der Waals surface area contributed by atoms with Crippen molar-refractivity contribution in [1.29, 1.82) is 0 Å². The number of nitrogens with one attached hydrogen (secondary N) is 1. The monoisotopic (exact) mass is 279 g/mol. The second-order valence-corrected chi connectivity index (χ2v) is 7.43. The molecule has 0 aliphatic heterocycles. The summed E-state index contributed by atoms with van der Waals surface area (Å²) in [6.45, 7) is 6.30. The molecular weight excluding hydrogens is 254 g/mol. The molecule has 1 fully saturated rings. The SMILES string of the molecule is CC(C)(C)CC(CNC(=O)C1CC2C=CC1C2)C(=O)O. The molecule has 0 aromatic rings. The minimum Gasteiger partial charge on any atom is -0.481 e. The number of carbonyl (C=O) groups excluding carboxylic acids is 1. The lowest BCUT2D eigenvalue weighted by Gasteiger charge is -2.24. The van der Waals surface area contributed by atoms with E-state index < -0.39 is 11.9 Å². The number of rotatable bonds is 5. The fraction of sp³-hybridized carbons (Fsp3) is 0.750. The fourth-order valence-electron chi connectivity index (χ4n) is 3.42. The van der Waals surface area contributed by atoms with Gasteiger partial charge in [0.05, 0.1) is 5.92 Å². The number of carboxylic acid groups (broad SMARTS) is 1. The number of fused-ring (bicyclic) bond motifs is 2. The summed E-state index contributed by atoms with van der Waals surface area (Å²) in [5.74, 6) is -0.330. The number of hydrogen-bond donors (Lipinski definition) is 2. The third kappa shape index (κ3) is 3.62. The Labute approximate surface area is 120 Å². The van der Waals surface area contributed by atoms with Crippen molar-refractivity contribution in [3.63, 3.8) is 0 Å². The summed E-state index contributed by atoms with van der Waals surface area (Å²) < 4.78 is 0. The third-order valence-corrected chi connectivity index (χ3v) is 4.35. The molecule has 1 saturated carbocycles. The van der Waals surface area contributed by atoms with E-state index in [0.29, 0.717) is 18.3 Å². The predicted molar refractivity (Wildman–Crippen MR) is 77.1 cm³/mol. The van der Waals surface area contributed by atoms with E-state index in [1.165, 1.54) is 0 Å². The Bertz CT molecular complexity index is 422. The molecule has 4 unspecified atom stereocenters. The van der Waals surface area contributed by atoms with Crippen LogP contribution in [0, 0.1) is 29.1 Å². The second-order valence-electron chi connectivity index (χ2n) is 7.43. The summed E-state index contributed by atoms with van der Waals surface area (Å²) >= 11 is 0. The zero-order chi connectivity index (χ0) is 14.9. The van der Waals surface area contributed by atoms with Crippen molar-refractivity contribution in [3.05, 3.63) is 12.2 Å². The van der Waals surface area contributed by atoms with E-state index in [0.717, 1.165) is 12.8 Å². The molecule has 0 radical (unpaired) electrons. The Balaban J connectivity index is 1.85. The molecule has 2 aliphatic rings. The molecule has 0 aromatic carbocycles. The highest BCUT2D eigenvalue weighted by molar-refractivity contribution is 5.80. The normalized spacial score (nSPS) is 29.4. The quantitative estimate of drug-likeness (QED) is 0.760. The van der Waals surface area contributed by atoms with E-state index in [-0.39, 0.29) is 23.8 Å². The van der Waals surface area contributed by atoms with Crippen LogP contribution in [0.4, 0.5) is 0 Å². The lowest BCUT2D eigenvalue weighted by molar-refractivity contribution is -0.142. The van der Waals surface area contributed by atoms with Crippen molar-refractivity contribution in [2.45, 2.75) is 40.0 Å². The first kappa shape index (κ1) is 15.1. The van der Waals surface area contributed by atoms with Gasteiger partial charge in [-0.1, -0.05) is 32.9 Å². The Kier molecular flexibility index (Phi) is 4.21. The Morgan fingerprint density at radius 1 is 1.30 bits per heavy atom. The smallest absolute Gasteiger partial charge is 0.308 e. The van der Waals surface area contributed by atoms with Gasteiger partial charge in [-0.05, 0) is 36.5 Å². The first-order valence-corrected chi connectivity index (χ1v) is 7.45. The van der Waals surface area contributed by atoms with Crippen molar-refractivity contribution in [1.82, 2.24) is 5.32 Å². The summed E-state index contributed by atoms with van der Waals surface area (Å²) in [6, 6.07) is 0. The lowest BCUT2D eigenvalue weighted by Crippen LogP contribution is -2.39. The Morgan fingerprint density at radius 3 is 2.45 bits per heavy atom. The average molecular weight is 279 g/mol. The molecule has 0 spiro atoms. The van der Waals surface area contributed by atoms with Gasteiger partial charge in [0.1, 0.15) is 0 Å². The topological polar surface area (TPSA) is 66.4 Å². The number of aliphatic carboxylic acids is 1. The van der Waals surface area contributed by atoms with Crippen LogP contribution in [0.1, 0.15) is 40.0 Å². The maximum absolute atomic E-state index is 12.2. The summed E-state index contributed by atoms with van der Waals surface area (Å²) in [7, 11) is 0. The van der Waals surface area contributed by atoms with Crippen LogP contribution in [0.5, 0.6) is 0 Å². The first-order chi connectivity index (χ1) is 9.26. The molecule has 2 rings (SSSR count). The molecule has 2 aliphatic carbocycles. The molecule has 0 saturated heterocycles. The van der Waals surface area contributed by atoms with E-state index in [9.17, 15) is 14.7 Å². The maximum atomic E-state index is 12.2. The Hall–Kier alpha value is -1.32. The van der Waals surface area contributed by atoms with Crippen LogP contribution in [0.25, 0.3) is 0 Å². The molecule has 2 N–H and O–H groups in total. The molecule has 4 atom stereocenters. The van der Waals surface area contributed by atoms with Gasteiger partial charge in [-0.3, -0.25) is 9.59 Å². The fourth-order valence-corrected chi connectivity index (χ4v) is 3.42. The highest BCUT2D eigenvalue weighted by atomic mass is 16.4. The molecule has 4 heteroatoms. The molecule has 4 nitrogen and oxygen atoms in total. The van der Waals surface area contributed by atoms with Gasteiger partial charge in [-0.25, -0.2) is 0 Å². The van der Waals surface area contributed by atoms with Crippen LogP contribution < -0.4 is 5.32 Å². The standard InChI is InChI=1S/C16H25NO3/c1-16(2,3)8-12(15(19)20)9-17-14(18)13-7-10-4-5-11(13)6-10/h4-5,10-13H,6-9H2,1-3H3,(H,17,18)(H,19,20). The predicted octanol–water partition coefficient (Wildman–Crippen LogP) is 2.45. The number of carboxylic acids is 1. The van der Waals surface area contributed by atoms with Gasteiger partial charge >= 0.3 is 5.97 Å². The number of allylic oxidation sites excluding steroid dienone is 2. The van der Waals surface area contributed by atoms with Gasteiger partial charge in [0.15, 0.2) is 0 Å². The zero-order valence-corrected chi connectivity index (χ0v) is 12.6. The summed E-state index contributed by atoms with van der Waals surface area (Å²) in [6.07, 6.45) is 6.92. The third-order valence-electron chi connectivity index (χ3n) is 4.35. The molecule has 2 bridgehead atoms. The molecule has 0 aromatic heterocycles. The van der Waals surface area contributed by atoms with E-state index in [4.69, 9.17) is 0 Å². The van der Waals surface area contributed by atoms with Crippen LogP contribution in [0.2, 0.25) is 0 Å². The van der Waals surface area contributed by atoms with Crippen LogP contribution in [-0.2, 0) is 9.59 Å². The van der Waals surface area contributed by atoms with Gasteiger partial charge in [0.25, 0.3) is 0 Å². The first-order valence-electron chi connectivity index (χ1n) is 7.45. The summed E-state index contributed by atoms with van der Waals surface area (Å²) in [4.78, 5) is 23.5. The lowest BCUT2D eigenvalue weighted by atomic mass is 9.84. The van der Waals surface area contributed by atoms with Crippen molar-refractivity contribution in [3.8, 4) is 0 Å². The van der Waals surface area contributed by atoms with Crippen LogP contribution >= 0.6 is 0 Å². The minimum absolute atomic E-state index is 0.0296. The maximum Gasteiger partial charge on any atom is 0.308 e. The van der Waals surface area contributed by atoms with E-state index in [1.54, 1.807) is 0 Å². The minimum atomic E-state index is -0.826. The van der Waals surface area contributed by atoms with Crippen molar-refractivity contribution in [2.75, 3.05) is 6.54 Å². The molecule has 112 valence electrons. The number of amides is 1. The highest BCUT2D eigenvalue weighted by Crippen LogP contribution is 2.43. The van der Waals surface area contributed by atoms with Crippen molar-refractivity contribution < 1.29 is 14.7 Å². The van der Waals surface area contributed by atoms with Gasteiger partial charge in [-0.2, -0.15) is 0 Å². The molecule has 20 heavy (non-hydrogen) atoms. The summed E-state index contributed by atoms with van der Waals surface area (Å²) in [5.41, 5.74) is -0.0526. The van der Waals surface area contributed by atoms with Gasteiger partial charge < -0.3 is 10.4 Å². The van der Waals surface area contributed by atoms with Gasteiger partial charge in [0.2, 0.25) is 5.91 Å². The van der Waals surface area contributed by atoms with Crippen LogP contribution in [-0.4, -0.2) is 23.5 Å². The molecular formula is C16H25NO3. The van der Waals surface area contributed by atoms with E-state index in [2.05, 4.69) is 17.5 Å². The largest absolute Gasteiger partial charge is 0.481 e. The average Bonchev–Trinajstić information content (AvgIpc) is 2.94. The second kappa shape index (κ2) is 5.58. The van der Waals surface area contributed by atoms with Crippen LogP contribution in [0.3, 0.4) is 0 Å². The van der Waals surface area contributed by atoms with Gasteiger partial charge in [0, 0.05) is 12.5 Å². The van der Waals surface area contributed by atoms with Crippen molar-refractivity contribution in [2.24, 2.45) is 29.1 Å². The van der Waals surface area contributed by atoms with Gasteiger partial charge in [-0.15, -0.1) is 0 Å². The zero-order valence-electron chi connectivity index (χ0n) is 12.6. The highest BCUT2D eigenvalue weighted by Gasteiger charge is 2.40.